The van der Waals surface area contributed by atoms with Crippen molar-refractivity contribution in [3.63, 3.8) is 0 Å². The van der Waals surface area contributed by atoms with E-state index in [1.165, 1.54) is 6.21 Å². The van der Waals surface area contributed by atoms with Crippen molar-refractivity contribution in [3.8, 4) is 11.5 Å². The third-order valence-electron chi connectivity index (χ3n) is 6.27. The molecule has 0 aliphatic heterocycles. The summed E-state index contributed by atoms with van der Waals surface area (Å²) in [5, 5.41) is 9.73. The van der Waals surface area contributed by atoms with Crippen LogP contribution in [0.2, 0.25) is 5.02 Å². The van der Waals surface area contributed by atoms with Crippen molar-refractivity contribution in [2.24, 2.45) is 11.0 Å². The van der Waals surface area contributed by atoms with Crippen LogP contribution in [0.25, 0.3) is 10.8 Å². The fraction of sp³-hybridized carbons (Fsp3) is 0.219. The molecule has 4 aromatic rings. The number of nitrogens with zero attached hydrogens (tertiary/aromatic N) is 1. The number of ether oxygens (including phenoxy) is 2. The predicted octanol–water partition coefficient (Wildman–Crippen LogP) is 6.38. The van der Waals surface area contributed by atoms with Gasteiger partial charge in [-0.3, -0.25) is 9.59 Å². The molecular formula is C32H32ClN3O4. The van der Waals surface area contributed by atoms with Crippen molar-refractivity contribution in [1.29, 1.82) is 0 Å². The van der Waals surface area contributed by atoms with Crippen molar-refractivity contribution in [2.75, 3.05) is 7.11 Å². The molecule has 0 saturated carbocycles. The molecule has 7 nitrogen and oxygen atoms in total. The summed E-state index contributed by atoms with van der Waals surface area (Å²) in [5.74, 6) is 0.553. The Morgan fingerprint density at radius 2 is 1.70 bits per heavy atom. The lowest BCUT2D eigenvalue weighted by molar-refractivity contribution is -0.123. The molecule has 4 aromatic carbocycles. The molecule has 0 aliphatic carbocycles. The summed E-state index contributed by atoms with van der Waals surface area (Å²) in [6.07, 6.45) is 1.97. The van der Waals surface area contributed by atoms with Gasteiger partial charge in [-0.2, -0.15) is 5.10 Å². The minimum absolute atomic E-state index is 0.177. The van der Waals surface area contributed by atoms with Gasteiger partial charge in [-0.05, 0) is 76.7 Å². The highest BCUT2D eigenvalue weighted by molar-refractivity contribution is 6.30. The molecule has 1 unspecified atom stereocenters. The van der Waals surface area contributed by atoms with E-state index in [0.29, 0.717) is 40.7 Å². The number of hydrogen-bond donors (Lipinski definition) is 2. The molecule has 4 rings (SSSR count). The van der Waals surface area contributed by atoms with Crippen LogP contribution in [0.4, 0.5) is 0 Å². The fourth-order valence-corrected chi connectivity index (χ4v) is 4.38. The minimum atomic E-state index is -0.750. The van der Waals surface area contributed by atoms with Gasteiger partial charge in [-0.15, -0.1) is 0 Å². The summed E-state index contributed by atoms with van der Waals surface area (Å²) >= 11 is 5.91. The highest BCUT2D eigenvalue weighted by atomic mass is 35.5. The van der Waals surface area contributed by atoms with E-state index >= 15 is 0 Å². The van der Waals surface area contributed by atoms with Crippen molar-refractivity contribution in [1.82, 2.24) is 10.7 Å². The summed E-state index contributed by atoms with van der Waals surface area (Å²) in [7, 11) is 1.57. The molecular weight excluding hydrogens is 526 g/mol. The standard InChI is InChI=1S/C32H32ClN3O4/c1-21(2)17-28(35-31(37)24-12-14-26(33)15-13-24)32(38)36-34-19-22-11-16-29(30(18-22)39-3)40-20-25-9-6-8-23-7-4-5-10-27(23)25/h4-16,18-19,21,28H,17,20H2,1-3H3,(H,35,37)(H,36,38)/b34-19+. The normalized spacial score (nSPS) is 11.9. The summed E-state index contributed by atoms with van der Waals surface area (Å²) < 4.78 is 11.6. The Morgan fingerprint density at radius 1 is 0.950 bits per heavy atom. The van der Waals surface area contributed by atoms with Crippen LogP contribution in [-0.2, 0) is 11.4 Å². The Hall–Kier alpha value is -4.36. The summed E-state index contributed by atoms with van der Waals surface area (Å²) in [5.41, 5.74) is 4.75. The summed E-state index contributed by atoms with van der Waals surface area (Å²) in [4.78, 5) is 25.5. The van der Waals surface area contributed by atoms with E-state index in [0.717, 1.165) is 16.3 Å². The molecule has 0 aromatic heterocycles. The number of fused-ring (bicyclic) bond motifs is 1. The van der Waals surface area contributed by atoms with Gasteiger partial charge in [0.25, 0.3) is 11.8 Å². The number of carbonyl (C=O) groups is 2. The SMILES string of the molecule is COc1cc(/C=N/NC(=O)C(CC(C)C)NC(=O)c2ccc(Cl)cc2)ccc1OCc1cccc2ccccc12. The second-order valence-electron chi connectivity index (χ2n) is 9.73. The summed E-state index contributed by atoms with van der Waals surface area (Å²) in [6.45, 7) is 4.35. The minimum Gasteiger partial charge on any atom is -0.493 e. The molecule has 0 radical (unpaired) electrons. The number of rotatable bonds is 11. The van der Waals surface area contributed by atoms with Crippen molar-refractivity contribution in [2.45, 2.75) is 32.9 Å². The first-order valence-corrected chi connectivity index (χ1v) is 13.4. The second-order valence-corrected chi connectivity index (χ2v) is 10.2. The van der Waals surface area contributed by atoms with E-state index in [1.807, 2.05) is 44.2 Å². The van der Waals surface area contributed by atoms with Crippen LogP contribution in [0.5, 0.6) is 11.5 Å². The number of methoxy groups -OCH3 is 1. The van der Waals surface area contributed by atoms with Gasteiger partial charge in [-0.1, -0.05) is 67.9 Å². The van der Waals surface area contributed by atoms with Crippen molar-refractivity contribution in [3.05, 3.63) is 107 Å². The van der Waals surface area contributed by atoms with E-state index in [2.05, 4.69) is 34.0 Å². The molecule has 0 saturated heterocycles. The van der Waals surface area contributed by atoms with Crippen LogP contribution < -0.4 is 20.2 Å². The van der Waals surface area contributed by atoms with Crippen LogP contribution in [0, 0.1) is 5.92 Å². The van der Waals surface area contributed by atoms with E-state index in [-0.39, 0.29) is 11.8 Å². The third kappa shape index (κ3) is 7.61. The first-order valence-electron chi connectivity index (χ1n) is 13.0. The van der Waals surface area contributed by atoms with Crippen LogP contribution in [-0.4, -0.2) is 31.2 Å². The maximum Gasteiger partial charge on any atom is 0.262 e. The average molecular weight is 558 g/mol. The molecule has 1 atom stereocenters. The van der Waals surface area contributed by atoms with Crippen LogP contribution in [0.3, 0.4) is 0 Å². The zero-order chi connectivity index (χ0) is 28.5. The average Bonchev–Trinajstić information content (AvgIpc) is 2.96. The Bertz CT molecular complexity index is 1500. The van der Waals surface area contributed by atoms with Crippen LogP contribution in [0.15, 0.2) is 90.0 Å². The Kier molecular flexibility index (Phi) is 9.76. The van der Waals surface area contributed by atoms with Crippen LogP contribution in [0.1, 0.15) is 41.8 Å². The molecule has 0 aliphatic rings. The Morgan fingerprint density at radius 3 is 2.45 bits per heavy atom. The second kappa shape index (κ2) is 13.6. The van der Waals surface area contributed by atoms with Gasteiger partial charge in [0.1, 0.15) is 12.6 Å². The highest BCUT2D eigenvalue weighted by Crippen LogP contribution is 2.29. The molecule has 0 spiro atoms. The lowest BCUT2D eigenvalue weighted by Crippen LogP contribution is -2.46. The lowest BCUT2D eigenvalue weighted by Gasteiger charge is -2.19. The topological polar surface area (TPSA) is 89.0 Å². The smallest absolute Gasteiger partial charge is 0.262 e. The molecule has 2 N–H and O–H groups in total. The quantitative estimate of drug-likeness (QED) is 0.165. The lowest BCUT2D eigenvalue weighted by atomic mass is 10.0. The predicted molar refractivity (Wildman–Crippen MR) is 159 cm³/mol. The van der Waals surface area contributed by atoms with Gasteiger partial charge in [-0.25, -0.2) is 5.43 Å². The summed E-state index contributed by atoms with van der Waals surface area (Å²) in [6, 6.07) is 25.5. The maximum absolute atomic E-state index is 12.9. The van der Waals surface area contributed by atoms with Crippen molar-refractivity contribution < 1.29 is 19.1 Å². The van der Waals surface area contributed by atoms with E-state index < -0.39 is 11.9 Å². The zero-order valence-electron chi connectivity index (χ0n) is 22.7. The molecule has 2 amide bonds. The third-order valence-corrected chi connectivity index (χ3v) is 6.53. The maximum atomic E-state index is 12.9. The van der Waals surface area contributed by atoms with Crippen molar-refractivity contribution >= 4 is 40.4 Å². The molecule has 0 heterocycles. The van der Waals surface area contributed by atoms with E-state index in [1.54, 1.807) is 43.5 Å². The van der Waals surface area contributed by atoms with Gasteiger partial charge in [0.05, 0.1) is 13.3 Å². The number of hydrogen-bond acceptors (Lipinski definition) is 5. The van der Waals surface area contributed by atoms with Gasteiger partial charge in [0.15, 0.2) is 11.5 Å². The molecule has 8 heteroatoms. The number of amides is 2. The molecule has 206 valence electrons. The van der Waals surface area contributed by atoms with Crippen LogP contribution >= 0.6 is 11.6 Å². The van der Waals surface area contributed by atoms with Gasteiger partial charge in [0, 0.05) is 10.6 Å². The number of carbonyl (C=O) groups excluding carboxylic acids is 2. The van der Waals surface area contributed by atoms with E-state index in [9.17, 15) is 9.59 Å². The van der Waals surface area contributed by atoms with Gasteiger partial charge in [0.2, 0.25) is 0 Å². The fourth-order valence-electron chi connectivity index (χ4n) is 4.25. The molecule has 0 bridgehead atoms. The number of halogens is 1. The van der Waals surface area contributed by atoms with E-state index in [4.69, 9.17) is 21.1 Å². The monoisotopic (exact) mass is 557 g/mol. The Balaban J connectivity index is 1.39. The number of hydrazone groups is 1. The molecule has 0 fully saturated rings. The Labute approximate surface area is 239 Å². The largest absolute Gasteiger partial charge is 0.493 e. The molecule has 40 heavy (non-hydrogen) atoms. The number of benzene rings is 4. The van der Waals surface area contributed by atoms with Gasteiger partial charge < -0.3 is 14.8 Å². The highest BCUT2D eigenvalue weighted by Gasteiger charge is 2.22. The first-order chi connectivity index (χ1) is 19.3. The first kappa shape index (κ1) is 28.6. The zero-order valence-corrected chi connectivity index (χ0v) is 23.4. The number of nitrogens with one attached hydrogen (secondary N) is 2. The van der Waals surface area contributed by atoms with Gasteiger partial charge >= 0.3 is 0 Å².